The van der Waals surface area contributed by atoms with Gasteiger partial charge in [0.1, 0.15) is 0 Å². The number of benzene rings is 1. The number of carboxylic acids is 1. The van der Waals surface area contributed by atoms with Gasteiger partial charge in [0.15, 0.2) is 0 Å². The third kappa shape index (κ3) is 4.04. The van der Waals surface area contributed by atoms with Crippen molar-refractivity contribution in [2.45, 2.75) is 18.2 Å². The van der Waals surface area contributed by atoms with Gasteiger partial charge >= 0.3 is 12.0 Å². The average molecular weight is 329 g/mol. The van der Waals surface area contributed by atoms with Crippen molar-refractivity contribution in [2.75, 3.05) is 24.2 Å². The Morgan fingerprint density at radius 3 is 2.90 bits per heavy atom. The molecule has 1 atom stereocenters. The van der Waals surface area contributed by atoms with E-state index < -0.39 is 11.9 Å². The van der Waals surface area contributed by atoms with Crippen LogP contribution >= 0.6 is 23.4 Å². The van der Waals surface area contributed by atoms with Crippen molar-refractivity contribution < 1.29 is 14.7 Å². The van der Waals surface area contributed by atoms with Gasteiger partial charge in [0, 0.05) is 23.0 Å². The Labute approximate surface area is 132 Å². The first-order chi connectivity index (χ1) is 10.0. The molecule has 1 fully saturated rings. The maximum Gasteiger partial charge on any atom is 0.321 e. The Morgan fingerprint density at radius 2 is 2.29 bits per heavy atom. The van der Waals surface area contributed by atoms with Crippen LogP contribution in [0.5, 0.6) is 0 Å². The number of likely N-dealkylation sites (tertiary alicyclic amines) is 1. The molecule has 5 nitrogen and oxygen atoms in total. The van der Waals surface area contributed by atoms with Crippen LogP contribution in [0.4, 0.5) is 10.5 Å². The van der Waals surface area contributed by atoms with E-state index >= 15 is 0 Å². The summed E-state index contributed by atoms with van der Waals surface area (Å²) in [6.07, 6.45) is 0.495. The van der Waals surface area contributed by atoms with Gasteiger partial charge in [-0.05, 0) is 30.4 Å². The van der Waals surface area contributed by atoms with Crippen LogP contribution in [0.15, 0.2) is 23.1 Å². The highest BCUT2D eigenvalue weighted by Gasteiger charge is 2.31. The summed E-state index contributed by atoms with van der Waals surface area (Å²) in [6, 6.07) is 5.09. The molecule has 0 saturated carbocycles. The van der Waals surface area contributed by atoms with E-state index in [-0.39, 0.29) is 12.6 Å². The van der Waals surface area contributed by atoms with E-state index in [9.17, 15) is 9.59 Å². The van der Waals surface area contributed by atoms with Crippen LogP contribution in [-0.4, -0.2) is 40.8 Å². The van der Waals surface area contributed by atoms with Crippen molar-refractivity contribution in [1.29, 1.82) is 0 Å². The Hall–Kier alpha value is -1.40. The monoisotopic (exact) mass is 328 g/mol. The predicted octanol–water partition coefficient (Wildman–Crippen LogP) is 3.39. The zero-order valence-corrected chi connectivity index (χ0v) is 13.2. The van der Waals surface area contributed by atoms with Crippen molar-refractivity contribution in [3.05, 3.63) is 23.2 Å². The fourth-order valence-corrected chi connectivity index (χ4v) is 3.13. The minimum absolute atomic E-state index is 0.248. The predicted molar refractivity (Wildman–Crippen MR) is 84.2 cm³/mol. The minimum atomic E-state index is -0.852. The number of aliphatic carboxylic acids is 1. The first kappa shape index (κ1) is 16.0. The highest BCUT2D eigenvalue weighted by molar-refractivity contribution is 7.99. The second kappa shape index (κ2) is 7.04. The molecule has 1 aromatic rings. The number of hydrogen-bond acceptors (Lipinski definition) is 3. The lowest BCUT2D eigenvalue weighted by Gasteiger charge is -2.18. The van der Waals surface area contributed by atoms with Gasteiger partial charge in [0.05, 0.1) is 11.6 Å². The number of halogens is 1. The lowest BCUT2D eigenvalue weighted by atomic mass is 10.1. The molecule has 114 valence electrons. The van der Waals surface area contributed by atoms with Crippen LogP contribution in [0.3, 0.4) is 0 Å². The number of anilines is 1. The van der Waals surface area contributed by atoms with E-state index in [4.69, 9.17) is 16.7 Å². The maximum absolute atomic E-state index is 12.2. The van der Waals surface area contributed by atoms with Gasteiger partial charge in [0.25, 0.3) is 0 Å². The summed E-state index contributed by atoms with van der Waals surface area (Å²) in [6.45, 7) is 2.74. The number of nitrogens with zero attached hydrogens (tertiary/aromatic N) is 1. The number of amides is 2. The van der Waals surface area contributed by atoms with Crippen molar-refractivity contribution in [3.8, 4) is 0 Å². The molecule has 2 rings (SSSR count). The molecular weight excluding hydrogens is 312 g/mol. The molecule has 0 radical (unpaired) electrons. The molecule has 1 unspecified atom stereocenters. The first-order valence-corrected chi connectivity index (χ1v) is 8.08. The maximum atomic E-state index is 12.2. The minimum Gasteiger partial charge on any atom is -0.481 e. The number of rotatable bonds is 4. The summed E-state index contributed by atoms with van der Waals surface area (Å²) in [7, 11) is 0. The van der Waals surface area contributed by atoms with Gasteiger partial charge in [-0.15, -0.1) is 11.8 Å². The third-order valence-electron chi connectivity index (χ3n) is 3.31. The third-order valence-corrected chi connectivity index (χ3v) is 4.50. The number of carbonyl (C=O) groups excluding carboxylic acids is 1. The van der Waals surface area contributed by atoms with E-state index in [0.29, 0.717) is 23.7 Å². The molecule has 2 amide bonds. The van der Waals surface area contributed by atoms with Gasteiger partial charge in [-0.25, -0.2) is 4.79 Å². The normalized spacial score (nSPS) is 17.8. The Bertz CT molecular complexity index is 553. The van der Waals surface area contributed by atoms with E-state index in [2.05, 4.69) is 5.32 Å². The van der Waals surface area contributed by atoms with Crippen LogP contribution in [0.2, 0.25) is 5.02 Å². The molecule has 1 saturated heterocycles. The Morgan fingerprint density at radius 1 is 1.52 bits per heavy atom. The number of thioether (sulfide) groups is 1. The topological polar surface area (TPSA) is 69.6 Å². The number of hydrogen-bond donors (Lipinski definition) is 2. The van der Waals surface area contributed by atoms with E-state index in [1.807, 2.05) is 13.0 Å². The molecule has 1 aliphatic heterocycles. The fourth-order valence-electron chi connectivity index (χ4n) is 2.22. The lowest BCUT2D eigenvalue weighted by Crippen LogP contribution is -2.33. The van der Waals surface area contributed by atoms with E-state index in [1.54, 1.807) is 23.9 Å². The number of nitrogens with one attached hydrogen (secondary N) is 1. The second-order valence-corrected chi connectivity index (χ2v) is 6.52. The van der Waals surface area contributed by atoms with Gasteiger partial charge in [0.2, 0.25) is 0 Å². The van der Waals surface area contributed by atoms with Gasteiger partial charge < -0.3 is 15.3 Å². The highest BCUT2D eigenvalue weighted by atomic mass is 35.5. The van der Waals surface area contributed by atoms with E-state index in [0.717, 1.165) is 10.6 Å². The van der Waals surface area contributed by atoms with Crippen LogP contribution in [0.1, 0.15) is 13.3 Å². The molecule has 0 aliphatic carbocycles. The van der Waals surface area contributed by atoms with Crippen molar-refractivity contribution in [1.82, 2.24) is 4.90 Å². The van der Waals surface area contributed by atoms with Crippen LogP contribution in [0, 0.1) is 5.92 Å². The smallest absolute Gasteiger partial charge is 0.321 e. The Kier molecular flexibility index (Phi) is 5.36. The first-order valence-electron chi connectivity index (χ1n) is 6.72. The van der Waals surface area contributed by atoms with Crippen LogP contribution < -0.4 is 5.32 Å². The molecule has 1 aliphatic rings. The van der Waals surface area contributed by atoms with Gasteiger partial charge in [-0.1, -0.05) is 18.5 Å². The quantitative estimate of drug-likeness (QED) is 0.831. The molecule has 2 N–H and O–H groups in total. The summed E-state index contributed by atoms with van der Waals surface area (Å²) >= 11 is 7.59. The number of urea groups is 1. The van der Waals surface area contributed by atoms with Crippen LogP contribution in [-0.2, 0) is 4.79 Å². The molecule has 7 heteroatoms. The van der Waals surface area contributed by atoms with Crippen molar-refractivity contribution >= 4 is 41.1 Å². The zero-order valence-electron chi connectivity index (χ0n) is 11.6. The van der Waals surface area contributed by atoms with Crippen molar-refractivity contribution in [2.24, 2.45) is 5.92 Å². The summed E-state index contributed by atoms with van der Waals surface area (Å²) in [4.78, 5) is 25.6. The molecule has 1 aromatic carbocycles. The fraction of sp³-hybridized carbons (Fsp3) is 0.429. The summed E-state index contributed by atoms with van der Waals surface area (Å²) < 4.78 is 0. The number of carboxylic acid groups (broad SMARTS) is 1. The molecule has 21 heavy (non-hydrogen) atoms. The summed E-state index contributed by atoms with van der Waals surface area (Å²) in [5.41, 5.74) is 0.665. The molecule has 0 spiro atoms. The van der Waals surface area contributed by atoms with Gasteiger partial charge in [-0.3, -0.25) is 4.79 Å². The second-order valence-electron chi connectivity index (χ2n) is 4.77. The molecule has 0 bridgehead atoms. The molecule has 1 heterocycles. The summed E-state index contributed by atoms with van der Waals surface area (Å²) in [5.74, 6) is -0.440. The highest BCUT2D eigenvalue weighted by Crippen LogP contribution is 2.30. The van der Waals surface area contributed by atoms with Gasteiger partial charge in [-0.2, -0.15) is 0 Å². The SMILES string of the molecule is CCSc1ccc(Cl)cc1NC(=O)N1CCC(C(=O)O)C1. The largest absolute Gasteiger partial charge is 0.481 e. The van der Waals surface area contributed by atoms with E-state index in [1.165, 1.54) is 4.90 Å². The average Bonchev–Trinajstić information content (AvgIpc) is 2.92. The van der Waals surface area contributed by atoms with Crippen LogP contribution in [0.25, 0.3) is 0 Å². The molecule has 0 aromatic heterocycles. The molecular formula is C14H17ClN2O3S. The summed E-state index contributed by atoms with van der Waals surface area (Å²) in [5, 5.41) is 12.4. The zero-order chi connectivity index (χ0) is 15.4. The number of carbonyl (C=O) groups is 2. The standard InChI is InChI=1S/C14H17ClN2O3S/c1-2-21-12-4-3-10(15)7-11(12)16-14(20)17-6-5-9(8-17)13(18)19/h3-4,7,9H,2,5-6,8H2,1H3,(H,16,20)(H,18,19). The lowest BCUT2D eigenvalue weighted by molar-refractivity contribution is -0.141. The van der Waals surface area contributed by atoms with Crippen molar-refractivity contribution in [3.63, 3.8) is 0 Å². The Balaban J connectivity index is 2.06.